The van der Waals surface area contributed by atoms with E-state index in [-0.39, 0.29) is 11.4 Å². The summed E-state index contributed by atoms with van der Waals surface area (Å²) in [6, 6.07) is 1.65. The van der Waals surface area contributed by atoms with Crippen molar-refractivity contribution in [3.05, 3.63) is 24.2 Å². The van der Waals surface area contributed by atoms with Crippen molar-refractivity contribution in [3.63, 3.8) is 0 Å². The molecule has 0 radical (unpaired) electrons. The molecule has 1 aromatic rings. The minimum Gasteiger partial charge on any atom is -0.472 e. The Balaban J connectivity index is 2.04. The van der Waals surface area contributed by atoms with E-state index in [0.29, 0.717) is 24.1 Å². The van der Waals surface area contributed by atoms with Gasteiger partial charge in [-0.2, -0.15) is 0 Å². The fourth-order valence-corrected chi connectivity index (χ4v) is 2.13. The predicted octanol–water partition coefficient (Wildman–Crippen LogP) is 1.56. The van der Waals surface area contributed by atoms with Crippen LogP contribution < -0.4 is 5.32 Å². The second-order valence-electron chi connectivity index (χ2n) is 3.68. The van der Waals surface area contributed by atoms with Gasteiger partial charge >= 0.3 is 0 Å². The summed E-state index contributed by atoms with van der Waals surface area (Å²) in [4.78, 5) is 11.8. The largest absolute Gasteiger partial charge is 0.472 e. The average Bonchev–Trinajstić information content (AvgIpc) is 2.88. The topological polar surface area (TPSA) is 51.5 Å². The lowest BCUT2D eigenvalue weighted by Gasteiger charge is -2.25. The molecule has 0 saturated carbocycles. The Hall–Kier alpha value is -0.810. The van der Waals surface area contributed by atoms with Crippen LogP contribution in [-0.4, -0.2) is 30.0 Å². The number of amides is 1. The molecule has 1 atom stereocenters. The zero-order chi connectivity index (χ0) is 10.7. The number of furan rings is 1. The summed E-state index contributed by atoms with van der Waals surface area (Å²) in [6.07, 6.45) is 3.76. The lowest BCUT2D eigenvalue weighted by molar-refractivity contribution is 0.0892. The van der Waals surface area contributed by atoms with Crippen LogP contribution in [0.1, 0.15) is 16.8 Å². The molecule has 2 rings (SSSR count). The summed E-state index contributed by atoms with van der Waals surface area (Å²) in [5, 5.41) is 3.67. The molecule has 4 nitrogen and oxygen atoms in total. The number of rotatable bonds is 3. The van der Waals surface area contributed by atoms with E-state index >= 15 is 0 Å². The van der Waals surface area contributed by atoms with Crippen LogP contribution in [0.4, 0.5) is 0 Å². The van der Waals surface area contributed by atoms with Gasteiger partial charge in [-0.25, -0.2) is 0 Å². The molecule has 1 aliphatic heterocycles. The van der Waals surface area contributed by atoms with E-state index in [1.165, 1.54) is 12.5 Å². The Morgan fingerprint density at radius 1 is 1.67 bits per heavy atom. The Labute approximate surface area is 96.1 Å². The van der Waals surface area contributed by atoms with Crippen molar-refractivity contribution in [3.8, 4) is 0 Å². The van der Waals surface area contributed by atoms with Gasteiger partial charge in [0.2, 0.25) is 0 Å². The van der Waals surface area contributed by atoms with Crippen LogP contribution in [0.3, 0.4) is 0 Å². The highest BCUT2D eigenvalue weighted by atomic mass is 79.9. The van der Waals surface area contributed by atoms with Crippen molar-refractivity contribution in [2.75, 3.05) is 18.5 Å². The summed E-state index contributed by atoms with van der Waals surface area (Å²) >= 11 is 3.41. The predicted molar refractivity (Wildman–Crippen MR) is 58.1 cm³/mol. The van der Waals surface area contributed by atoms with E-state index in [1.807, 2.05) is 0 Å². The van der Waals surface area contributed by atoms with Crippen LogP contribution in [-0.2, 0) is 4.74 Å². The summed E-state index contributed by atoms with van der Waals surface area (Å²) in [5.74, 6) is -0.117. The highest BCUT2D eigenvalue weighted by molar-refractivity contribution is 9.09. The molecule has 15 heavy (non-hydrogen) atoms. The molecule has 1 amide bonds. The second kappa shape index (κ2) is 4.37. The van der Waals surface area contributed by atoms with Gasteiger partial charge in [-0.1, -0.05) is 15.9 Å². The first-order chi connectivity index (χ1) is 7.26. The van der Waals surface area contributed by atoms with Crippen LogP contribution in [0.5, 0.6) is 0 Å². The van der Waals surface area contributed by atoms with E-state index in [2.05, 4.69) is 21.2 Å². The van der Waals surface area contributed by atoms with E-state index in [1.54, 1.807) is 6.07 Å². The SMILES string of the molecule is O=C(NC1(CBr)CCOC1)c1ccoc1. The molecular weight excluding hydrogens is 262 g/mol. The number of nitrogens with one attached hydrogen (secondary N) is 1. The van der Waals surface area contributed by atoms with E-state index in [9.17, 15) is 4.79 Å². The van der Waals surface area contributed by atoms with Gasteiger partial charge in [0, 0.05) is 11.9 Å². The van der Waals surface area contributed by atoms with E-state index in [0.717, 1.165) is 6.42 Å². The molecule has 1 N–H and O–H groups in total. The van der Waals surface area contributed by atoms with Crippen LogP contribution in [0.25, 0.3) is 0 Å². The van der Waals surface area contributed by atoms with Crippen molar-refractivity contribution in [1.29, 1.82) is 0 Å². The van der Waals surface area contributed by atoms with Gasteiger partial charge in [-0.3, -0.25) is 4.79 Å². The van der Waals surface area contributed by atoms with Crippen molar-refractivity contribution in [2.45, 2.75) is 12.0 Å². The molecule has 0 spiro atoms. The lowest BCUT2D eigenvalue weighted by atomic mass is 10.0. The summed E-state index contributed by atoms with van der Waals surface area (Å²) in [6.45, 7) is 1.25. The maximum Gasteiger partial charge on any atom is 0.255 e. The number of carbonyl (C=O) groups is 1. The Morgan fingerprint density at radius 3 is 3.07 bits per heavy atom. The van der Waals surface area contributed by atoms with Gasteiger partial charge in [0.1, 0.15) is 6.26 Å². The molecular formula is C10H12BrNO3. The first-order valence-electron chi connectivity index (χ1n) is 4.74. The second-order valence-corrected chi connectivity index (χ2v) is 4.24. The number of hydrogen-bond donors (Lipinski definition) is 1. The van der Waals surface area contributed by atoms with Crippen LogP contribution in [0.15, 0.2) is 23.0 Å². The minimum absolute atomic E-state index is 0.117. The maximum atomic E-state index is 11.8. The Kier molecular flexibility index (Phi) is 3.11. The van der Waals surface area contributed by atoms with Crippen LogP contribution in [0, 0.1) is 0 Å². The van der Waals surface area contributed by atoms with Gasteiger partial charge in [0.25, 0.3) is 5.91 Å². The van der Waals surface area contributed by atoms with Crippen molar-refractivity contribution in [2.24, 2.45) is 0 Å². The third-order valence-electron chi connectivity index (χ3n) is 2.52. The molecule has 1 fully saturated rings. The number of alkyl halides is 1. The van der Waals surface area contributed by atoms with Gasteiger partial charge in [-0.05, 0) is 12.5 Å². The standard InChI is InChI=1S/C10H12BrNO3/c11-6-10(2-4-15-7-10)12-9(13)8-1-3-14-5-8/h1,3,5H,2,4,6-7H2,(H,12,13). The molecule has 1 aliphatic rings. The number of hydrogen-bond acceptors (Lipinski definition) is 3. The average molecular weight is 274 g/mol. The number of ether oxygens (including phenoxy) is 1. The highest BCUT2D eigenvalue weighted by Gasteiger charge is 2.35. The van der Waals surface area contributed by atoms with Gasteiger partial charge < -0.3 is 14.5 Å². The van der Waals surface area contributed by atoms with Gasteiger partial charge in [0.15, 0.2) is 0 Å². The van der Waals surface area contributed by atoms with Crippen LogP contribution in [0.2, 0.25) is 0 Å². The molecule has 5 heteroatoms. The Bertz CT molecular complexity index is 330. The molecule has 1 aromatic heterocycles. The van der Waals surface area contributed by atoms with Gasteiger partial charge in [-0.15, -0.1) is 0 Å². The van der Waals surface area contributed by atoms with Gasteiger partial charge in [0.05, 0.1) is 24.0 Å². The molecule has 82 valence electrons. The smallest absolute Gasteiger partial charge is 0.255 e. The van der Waals surface area contributed by atoms with Crippen LogP contribution >= 0.6 is 15.9 Å². The first kappa shape index (κ1) is 10.7. The number of carbonyl (C=O) groups excluding carboxylic acids is 1. The maximum absolute atomic E-state index is 11.8. The van der Waals surface area contributed by atoms with E-state index in [4.69, 9.17) is 9.15 Å². The minimum atomic E-state index is -0.269. The molecule has 2 heterocycles. The highest BCUT2D eigenvalue weighted by Crippen LogP contribution is 2.21. The molecule has 0 aromatic carbocycles. The third kappa shape index (κ3) is 2.23. The van der Waals surface area contributed by atoms with Crippen molar-refractivity contribution >= 4 is 21.8 Å². The van der Waals surface area contributed by atoms with E-state index < -0.39 is 0 Å². The fraction of sp³-hybridized carbons (Fsp3) is 0.500. The van der Waals surface area contributed by atoms with Crippen molar-refractivity contribution < 1.29 is 13.9 Å². The summed E-state index contributed by atoms with van der Waals surface area (Å²) < 4.78 is 10.2. The quantitative estimate of drug-likeness (QED) is 0.851. The molecule has 0 bridgehead atoms. The third-order valence-corrected chi connectivity index (χ3v) is 3.59. The molecule has 1 unspecified atom stereocenters. The normalized spacial score (nSPS) is 25.4. The molecule has 1 saturated heterocycles. The first-order valence-corrected chi connectivity index (χ1v) is 5.86. The summed E-state index contributed by atoms with van der Waals surface area (Å²) in [5.41, 5.74) is 0.274. The van der Waals surface area contributed by atoms with Crippen molar-refractivity contribution in [1.82, 2.24) is 5.32 Å². The molecule has 0 aliphatic carbocycles. The lowest BCUT2D eigenvalue weighted by Crippen LogP contribution is -2.50. The number of halogens is 1. The zero-order valence-electron chi connectivity index (χ0n) is 8.16. The summed E-state index contributed by atoms with van der Waals surface area (Å²) in [7, 11) is 0. The Morgan fingerprint density at radius 2 is 2.53 bits per heavy atom. The fourth-order valence-electron chi connectivity index (χ4n) is 1.55. The monoisotopic (exact) mass is 273 g/mol. The zero-order valence-corrected chi connectivity index (χ0v) is 9.75.